The van der Waals surface area contributed by atoms with Crippen LogP contribution in [-0.2, 0) is 11.3 Å². The molecule has 0 N–H and O–H groups in total. The fourth-order valence-electron chi connectivity index (χ4n) is 4.33. The van der Waals surface area contributed by atoms with Gasteiger partial charge in [-0.25, -0.2) is 4.98 Å². The number of nitrogens with zero attached hydrogens (tertiary/aromatic N) is 3. The van der Waals surface area contributed by atoms with Gasteiger partial charge in [0.05, 0.1) is 11.0 Å². The monoisotopic (exact) mass is 369 g/mol. The Morgan fingerprint density at radius 2 is 2.08 bits per heavy atom. The lowest BCUT2D eigenvalue weighted by Gasteiger charge is -2.35. The standard InChI is InChI=1S/C21H27N3OS/c1-16-4-2-5-17(14-16)15-24-10-3-6-19(24)21(25)23-11-7-18(8-12-23)20-22-9-13-26-20/h2,4-5,9,13-14,18-19H,3,6-8,10-12,15H2,1H3. The summed E-state index contributed by atoms with van der Waals surface area (Å²) in [4.78, 5) is 22.1. The van der Waals surface area contributed by atoms with E-state index >= 15 is 0 Å². The molecule has 1 unspecified atom stereocenters. The molecule has 2 fully saturated rings. The second-order valence-electron chi connectivity index (χ2n) is 7.59. The number of hydrogen-bond acceptors (Lipinski definition) is 4. The number of piperidine rings is 1. The highest BCUT2D eigenvalue weighted by Gasteiger charge is 2.35. The minimum absolute atomic E-state index is 0.0620. The van der Waals surface area contributed by atoms with Gasteiger partial charge in [0.25, 0.3) is 0 Å². The van der Waals surface area contributed by atoms with E-state index in [1.54, 1.807) is 11.3 Å². The first-order valence-corrected chi connectivity index (χ1v) is 10.6. The van der Waals surface area contributed by atoms with Gasteiger partial charge < -0.3 is 4.90 Å². The second-order valence-corrected chi connectivity index (χ2v) is 8.51. The molecule has 26 heavy (non-hydrogen) atoms. The van der Waals surface area contributed by atoms with E-state index in [0.29, 0.717) is 11.8 Å². The molecule has 0 aliphatic carbocycles. The van der Waals surface area contributed by atoms with Gasteiger partial charge >= 0.3 is 0 Å². The van der Waals surface area contributed by atoms with Crippen molar-refractivity contribution in [3.05, 3.63) is 52.0 Å². The zero-order valence-electron chi connectivity index (χ0n) is 15.4. The van der Waals surface area contributed by atoms with Gasteiger partial charge in [-0.05, 0) is 44.7 Å². The Balaban J connectivity index is 1.36. The van der Waals surface area contributed by atoms with Gasteiger partial charge in [-0.15, -0.1) is 11.3 Å². The summed E-state index contributed by atoms with van der Waals surface area (Å²) in [5.74, 6) is 0.874. The van der Waals surface area contributed by atoms with Crippen LogP contribution >= 0.6 is 11.3 Å². The molecular weight excluding hydrogens is 342 g/mol. The Bertz CT molecular complexity index is 737. The molecule has 1 amide bonds. The van der Waals surface area contributed by atoms with Crippen molar-refractivity contribution in [2.45, 2.75) is 51.1 Å². The molecule has 4 nitrogen and oxygen atoms in total. The highest BCUT2D eigenvalue weighted by molar-refractivity contribution is 7.09. The maximum absolute atomic E-state index is 13.1. The van der Waals surface area contributed by atoms with Crippen LogP contribution in [0.5, 0.6) is 0 Å². The van der Waals surface area contributed by atoms with E-state index in [1.165, 1.54) is 16.1 Å². The molecule has 5 heteroatoms. The smallest absolute Gasteiger partial charge is 0.239 e. The van der Waals surface area contributed by atoms with Gasteiger partial charge in [-0.3, -0.25) is 9.69 Å². The fourth-order valence-corrected chi connectivity index (χ4v) is 5.14. The van der Waals surface area contributed by atoms with Crippen LogP contribution in [0.15, 0.2) is 35.8 Å². The molecule has 1 atom stereocenters. The quantitative estimate of drug-likeness (QED) is 0.822. The van der Waals surface area contributed by atoms with Crippen LogP contribution < -0.4 is 0 Å². The van der Waals surface area contributed by atoms with Crippen LogP contribution in [0.2, 0.25) is 0 Å². The average molecular weight is 370 g/mol. The van der Waals surface area contributed by atoms with Crippen molar-refractivity contribution in [2.75, 3.05) is 19.6 Å². The number of aryl methyl sites for hydroxylation is 1. The van der Waals surface area contributed by atoms with Crippen molar-refractivity contribution >= 4 is 17.2 Å². The van der Waals surface area contributed by atoms with E-state index in [4.69, 9.17) is 0 Å². The highest BCUT2D eigenvalue weighted by Crippen LogP contribution is 2.31. The van der Waals surface area contributed by atoms with Crippen molar-refractivity contribution in [2.24, 2.45) is 0 Å². The van der Waals surface area contributed by atoms with E-state index in [1.807, 2.05) is 6.20 Å². The summed E-state index contributed by atoms with van der Waals surface area (Å²) < 4.78 is 0. The summed E-state index contributed by atoms with van der Waals surface area (Å²) in [6, 6.07) is 8.71. The molecule has 2 aliphatic heterocycles. The molecule has 138 valence electrons. The van der Waals surface area contributed by atoms with Crippen molar-refractivity contribution in [1.82, 2.24) is 14.8 Å². The Kier molecular flexibility index (Phi) is 5.36. The number of benzene rings is 1. The molecule has 0 saturated carbocycles. The number of carbonyl (C=O) groups excluding carboxylic acids is 1. The number of amides is 1. The molecule has 0 radical (unpaired) electrons. The SMILES string of the molecule is Cc1cccc(CN2CCCC2C(=O)N2CCC(c3nccs3)CC2)c1. The van der Waals surface area contributed by atoms with Crippen LogP contribution in [0.3, 0.4) is 0 Å². The zero-order valence-corrected chi connectivity index (χ0v) is 16.3. The normalized spacial score (nSPS) is 22.0. The van der Waals surface area contributed by atoms with Gasteiger partial charge in [-0.2, -0.15) is 0 Å². The molecule has 0 bridgehead atoms. The third kappa shape index (κ3) is 3.84. The van der Waals surface area contributed by atoms with Crippen LogP contribution in [-0.4, -0.2) is 46.4 Å². The molecular formula is C21H27N3OS. The van der Waals surface area contributed by atoms with E-state index in [9.17, 15) is 4.79 Å². The molecule has 2 saturated heterocycles. The number of aromatic nitrogens is 1. The molecule has 0 spiro atoms. The summed E-state index contributed by atoms with van der Waals surface area (Å²) in [5, 5.41) is 3.29. The number of likely N-dealkylation sites (tertiary alicyclic amines) is 2. The van der Waals surface area contributed by atoms with Crippen molar-refractivity contribution in [1.29, 1.82) is 0 Å². The minimum Gasteiger partial charge on any atom is -0.341 e. The first-order valence-electron chi connectivity index (χ1n) is 9.68. The third-order valence-corrected chi connectivity index (χ3v) is 6.66. The first-order chi connectivity index (χ1) is 12.7. The van der Waals surface area contributed by atoms with Gasteiger partial charge in [0.2, 0.25) is 5.91 Å². The molecule has 3 heterocycles. The van der Waals surface area contributed by atoms with Crippen LogP contribution in [0, 0.1) is 6.92 Å². The van der Waals surface area contributed by atoms with Crippen LogP contribution in [0.1, 0.15) is 47.7 Å². The summed E-state index contributed by atoms with van der Waals surface area (Å²) in [6.07, 6.45) is 6.10. The Morgan fingerprint density at radius 1 is 1.23 bits per heavy atom. The third-order valence-electron chi connectivity index (χ3n) is 5.72. The summed E-state index contributed by atoms with van der Waals surface area (Å²) >= 11 is 1.74. The lowest BCUT2D eigenvalue weighted by Crippen LogP contribution is -2.48. The highest BCUT2D eigenvalue weighted by atomic mass is 32.1. The fraction of sp³-hybridized carbons (Fsp3) is 0.524. The largest absolute Gasteiger partial charge is 0.341 e. The molecule has 1 aromatic carbocycles. The second kappa shape index (κ2) is 7.89. The number of carbonyl (C=O) groups is 1. The number of hydrogen-bond donors (Lipinski definition) is 0. The van der Waals surface area contributed by atoms with Gasteiger partial charge in [0.1, 0.15) is 0 Å². The summed E-state index contributed by atoms with van der Waals surface area (Å²) in [5.41, 5.74) is 2.60. The molecule has 2 aromatic rings. The topological polar surface area (TPSA) is 36.4 Å². The lowest BCUT2D eigenvalue weighted by atomic mass is 9.97. The van der Waals surface area contributed by atoms with E-state index in [2.05, 4.69) is 51.4 Å². The van der Waals surface area contributed by atoms with Crippen molar-refractivity contribution in [3.8, 4) is 0 Å². The Morgan fingerprint density at radius 3 is 2.81 bits per heavy atom. The molecule has 2 aliphatic rings. The summed E-state index contributed by atoms with van der Waals surface area (Å²) in [7, 11) is 0. The van der Waals surface area contributed by atoms with E-state index in [0.717, 1.165) is 51.9 Å². The van der Waals surface area contributed by atoms with Gasteiger partial charge in [0, 0.05) is 37.1 Å². The van der Waals surface area contributed by atoms with E-state index < -0.39 is 0 Å². The molecule has 1 aromatic heterocycles. The number of thiazole rings is 1. The maximum atomic E-state index is 13.1. The molecule has 4 rings (SSSR count). The van der Waals surface area contributed by atoms with Crippen LogP contribution in [0.25, 0.3) is 0 Å². The number of rotatable bonds is 4. The predicted octanol–water partition coefficient (Wildman–Crippen LogP) is 3.82. The Labute approximate surface area is 159 Å². The van der Waals surface area contributed by atoms with Gasteiger partial charge in [0.15, 0.2) is 0 Å². The van der Waals surface area contributed by atoms with Crippen LogP contribution in [0.4, 0.5) is 0 Å². The average Bonchev–Trinajstić information content (AvgIpc) is 3.33. The lowest BCUT2D eigenvalue weighted by molar-refractivity contribution is -0.137. The van der Waals surface area contributed by atoms with E-state index in [-0.39, 0.29) is 6.04 Å². The Hall–Kier alpha value is -1.72. The predicted molar refractivity (Wildman–Crippen MR) is 105 cm³/mol. The zero-order chi connectivity index (χ0) is 17.9. The summed E-state index contributed by atoms with van der Waals surface area (Å²) in [6.45, 7) is 5.78. The first kappa shape index (κ1) is 17.7. The minimum atomic E-state index is 0.0620. The van der Waals surface area contributed by atoms with Crippen molar-refractivity contribution in [3.63, 3.8) is 0 Å². The van der Waals surface area contributed by atoms with Crippen molar-refractivity contribution < 1.29 is 4.79 Å². The van der Waals surface area contributed by atoms with Gasteiger partial charge in [-0.1, -0.05) is 29.8 Å². The maximum Gasteiger partial charge on any atom is 0.239 e.